The Morgan fingerprint density at radius 1 is 1.55 bits per heavy atom. The highest BCUT2D eigenvalue weighted by Crippen LogP contribution is 2.30. The average molecular weight is 156 g/mol. The average Bonchev–Trinajstić information content (AvgIpc) is 1.95. The maximum absolute atomic E-state index is 5.73. The third-order valence-corrected chi connectivity index (χ3v) is 2.75. The van der Waals surface area contributed by atoms with Crippen LogP contribution in [0.15, 0.2) is 0 Å². The number of hydrogen-bond acceptors (Lipinski definition) is 2. The van der Waals surface area contributed by atoms with Crippen LogP contribution in [0.25, 0.3) is 0 Å². The molecular formula is C9H20N2. The highest BCUT2D eigenvalue weighted by atomic mass is 14.9. The van der Waals surface area contributed by atoms with Gasteiger partial charge < -0.3 is 11.1 Å². The van der Waals surface area contributed by atoms with Gasteiger partial charge in [0.15, 0.2) is 0 Å². The van der Waals surface area contributed by atoms with Crippen molar-refractivity contribution in [2.75, 3.05) is 7.05 Å². The van der Waals surface area contributed by atoms with Crippen LogP contribution in [0.3, 0.4) is 0 Å². The molecule has 0 amide bonds. The molecule has 66 valence electrons. The van der Waals surface area contributed by atoms with E-state index in [-0.39, 0.29) is 0 Å². The van der Waals surface area contributed by atoms with Gasteiger partial charge in [-0.25, -0.2) is 0 Å². The molecule has 1 atom stereocenters. The molecule has 0 heterocycles. The van der Waals surface area contributed by atoms with Crippen LogP contribution in [0, 0.1) is 5.92 Å². The van der Waals surface area contributed by atoms with Crippen molar-refractivity contribution in [1.29, 1.82) is 0 Å². The molecule has 1 unspecified atom stereocenters. The highest BCUT2D eigenvalue weighted by Gasteiger charge is 2.31. The molecule has 0 aromatic rings. The van der Waals surface area contributed by atoms with Gasteiger partial charge in [-0.05, 0) is 32.2 Å². The van der Waals surface area contributed by atoms with Gasteiger partial charge in [0.2, 0.25) is 0 Å². The fraction of sp³-hybridized carbons (Fsp3) is 1.00. The molecule has 0 spiro atoms. The molecule has 0 aromatic carbocycles. The van der Waals surface area contributed by atoms with E-state index in [1.165, 1.54) is 25.7 Å². The second-order valence-electron chi connectivity index (χ2n) is 3.68. The molecule has 0 saturated heterocycles. The molecule has 0 aliphatic heterocycles. The molecule has 1 saturated carbocycles. The van der Waals surface area contributed by atoms with Gasteiger partial charge >= 0.3 is 0 Å². The van der Waals surface area contributed by atoms with Gasteiger partial charge in [-0.2, -0.15) is 0 Å². The quantitative estimate of drug-likeness (QED) is 0.640. The summed E-state index contributed by atoms with van der Waals surface area (Å²) in [6, 6.07) is 1.22. The summed E-state index contributed by atoms with van der Waals surface area (Å²) in [6.45, 7) is 2.24. The van der Waals surface area contributed by atoms with Crippen molar-refractivity contribution < 1.29 is 0 Å². The van der Waals surface area contributed by atoms with E-state index in [0.717, 1.165) is 12.0 Å². The van der Waals surface area contributed by atoms with Crippen LogP contribution in [-0.4, -0.2) is 19.1 Å². The first-order valence-corrected chi connectivity index (χ1v) is 4.70. The highest BCUT2D eigenvalue weighted by molar-refractivity contribution is 4.89. The summed E-state index contributed by atoms with van der Waals surface area (Å²) in [5.41, 5.74) is 5.73. The summed E-state index contributed by atoms with van der Waals surface area (Å²) >= 11 is 0. The van der Waals surface area contributed by atoms with E-state index >= 15 is 0 Å². The van der Waals surface area contributed by atoms with Crippen LogP contribution in [0.4, 0.5) is 0 Å². The molecule has 1 fully saturated rings. The minimum atomic E-state index is 0.493. The normalized spacial score (nSPS) is 33.0. The van der Waals surface area contributed by atoms with Gasteiger partial charge in [0.1, 0.15) is 0 Å². The Morgan fingerprint density at radius 3 is 2.55 bits per heavy atom. The van der Waals surface area contributed by atoms with E-state index in [2.05, 4.69) is 19.3 Å². The van der Waals surface area contributed by atoms with E-state index in [1.807, 2.05) is 0 Å². The van der Waals surface area contributed by atoms with Gasteiger partial charge in [0.05, 0.1) is 0 Å². The zero-order valence-electron chi connectivity index (χ0n) is 7.64. The third kappa shape index (κ3) is 2.17. The van der Waals surface area contributed by atoms with Gasteiger partial charge in [-0.3, -0.25) is 0 Å². The largest absolute Gasteiger partial charge is 0.328 e. The van der Waals surface area contributed by atoms with Crippen molar-refractivity contribution in [1.82, 2.24) is 5.32 Å². The second kappa shape index (κ2) is 4.07. The number of rotatable bonds is 4. The Morgan fingerprint density at radius 2 is 2.18 bits per heavy atom. The van der Waals surface area contributed by atoms with Crippen LogP contribution < -0.4 is 11.1 Å². The molecular weight excluding hydrogens is 136 g/mol. The lowest BCUT2D eigenvalue weighted by atomic mass is 9.75. The molecule has 1 aliphatic carbocycles. The van der Waals surface area contributed by atoms with Crippen molar-refractivity contribution in [3.63, 3.8) is 0 Å². The Hall–Kier alpha value is -0.0800. The zero-order valence-corrected chi connectivity index (χ0v) is 7.64. The first-order valence-electron chi connectivity index (χ1n) is 4.70. The van der Waals surface area contributed by atoms with Gasteiger partial charge in [-0.1, -0.05) is 13.3 Å². The fourth-order valence-electron chi connectivity index (χ4n) is 1.96. The standard InChI is InChI=1S/C9H20N2/c1-3-4-9(11-2)7-5-8(10)6-7/h7-9,11H,3-6,10H2,1-2H3. The monoisotopic (exact) mass is 156 g/mol. The second-order valence-corrected chi connectivity index (χ2v) is 3.68. The summed E-state index contributed by atoms with van der Waals surface area (Å²) in [7, 11) is 2.06. The fourth-order valence-corrected chi connectivity index (χ4v) is 1.96. The van der Waals surface area contributed by atoms with E-state index in [1.54, 1.807) is 0 Å². The van der Waals surface area contributed by atoms with Gasteiger partial charge in [0.25, 0.3) is 0 Å². The minimum absolute atomic E-state index is 0.493. The first kappa shape index (κ1) is 9.01. The van der Waals surface area contributed by atoms with Crippen molar-refractivity contribution in [2.45, 2.75) is 44.7 Å². The van der Waals surface area contributed by atoms with Crippen molar-refractivity contribution in [3.8, 4) is 0 Å². The van der Waals surface area contributed by atoms with E-state index in [0.29, 0.717) is 6.04 Å². The molecule has 1 aliphatic rings. The van der Waals surface area contributed by atoms with Crippen molar-refractivity contribution >= 4 is 0 Å². The summed E-state index contributed by atoms with van der Waals surface area (Å²) < 4.78 is 0. The molecule has 0 aromatic heterocycles. The summed E-state index contributed by atoms with van der Waals surface area (Å²) in [4.78, 5) is 0. The molecule has 0 radical (unpaired) electrons. The van der Waals surface area contributed by atoms with Crippen LogP contribution >= 0.6 is 0 Å². The summed E-state index contributed by atoms with van der Waals surface area (Å²) in [5, 5.41) is 3.37. The molecule has 0 bridgehead atoms. The Kier molecular flexibility index (Phi) is 3.34. The molecule has 2 heteroatoms. The van der Waals surface area contributed by atoms with E-state index < -0.39 is 0 Å². The Bertz CT molecular complexity index is 108. The maximum atomic E-state index is 5.73. The first-order chi connectivity index (χ1) is 5.27. The molecule has 3 N–H and O–H groups in total. The van der Waals surface area contributed by atoms with Crippen LogP contribution in [0.2, 0.25) is 0 Å². The Labute approximate surface area is 69.5 Å². The van der Waals surface area contributed by atoms with E-state index in [4.69, 9.17) is 5.73 Å². The predicted molar refractivity (Wildman–Crippen MR) is 48.5 cm³/mol. The Balaban J connectivity index is 2.20. The van der Waals surface area contributed by atoms with Crippen LogP contribution in [0.5, 0.6) is 0 Å². The topological polar surface area (TPSA) is 38.0 Å². The smallest absolute Gasteiger partial charge is 0.00933 e. The molecule has 1 rings (SSSR count). The van der Waals surface area contributed by atoms with Crippen molar-refractivity contribution in [2.24, 2.45) is 11.7 Å². The summed E-state index contributed by atoms with van der Waals surface area (Å²) in [6.07, 6.45) is 5.03. The van der Waals surface area contributed by atoms with Crippen molar-refractivity contribution in [3.05, 3.63) is 0 Å². The third-order valence-electron chi connectivity index (χ3n) is 2.75. The van der Waals surface area contributed by atoms with Gasteiger partial charge in [0, 0.05) is 12.1 Å². The number of nitrogens with one attached hydrogen (secondary N) is 1. The lowest BCUT2D eigenvalue weighted by molar-refractivity contribution is 0.195. The zero-order chi connectivity index (χ0) is 8.27. The SMILES string of the molecule is CCCC(NC)C1CC(N)C1. The van der Waals surface area contributed by atoms with E-state index in [9.17, 15) is 0 Å². The minimum Gasteiger partial charge on any atom is -0.328 e. The number of nitrogens with two attached hydrogens (primary N) is 1. The lowest BCUT2D eigenvalue weighted by Gasteiger charge is -2.38. The number of hydrogen-bond donors (Lipinski definition) is 2. The maximum Gasteiger partial charge on any atom is 0.00933 e. The predicted octanol–water partition coefficient (Wildman–Crippen LogP) is 1.11. The van der Waals surface area contributed by atoms with Crippen LogP contribution in [-0.2, 0) is 0 Å². The van der Waals surface area contributed by atoms with Crippen LogP contribution in [0.1, 0.15) is 32.6 Å². The lowest BCUT2D eigenvalue weighted by Crippen LogP contribution is -2.46. The van der Waals surface area contributed by atoms with Gasteiger partial charge in [-0.15, -0.1) is 0 Å². The molecule has 2 nitrogen and oxygen atoms in total. The summed E-state index contributed by atoms with van der Waals surface area (Å²) in [5.74, 6) is 0.856. The molecule has 11 heavy (non-hydrogen) atoms.